The minimum atomic E-state index is -0.183. The summed E-state index contributed by atoms with van der Waals surface area (Å²) < 4.78 is 2.18. The number of hydrogen-bond acceptors (Lipinski definition) is 3. The van der Waals surface area contributed by atoms with Crippen molar-refractivity contribution < 1.29 is 4.79 Å². The standard InChI is InChI=1S/C19H20Cl2N2OS/c1-2-4-13-7-15(20)11-17(8-13)22-19(24)14-9-16(21)12-18(10-14)23-5-3-6-25-23/h7-12H,2-6H2,1H3,(H,22,24). The van der Waals surface area contributed by atoms with Gasteiger partial charge in [-0.3, -0.25) is 4.79 Å². The van der Waals surface area contributed by atoms with Gasteiger partial charge in [-0.15, -0.1) is 0 Å². The van der Waals surface area contributed by atoms with Crippen LogP contribution in [0.4, 0.5) is 11.4 Å². The van der Waals surface area contributed by atoms with Crippen molar-refractivity contribution in [1.82, 2.24) is 0 Å². The number of halogens is 2. The Labute approximate surface area is 162 Å². The number of aryl methyl sites for hydroxylation is 1. The lowest BCUT2D eigenvalue weighted by Gasteiger charge is -2.17. The lowest BCUT2D eigenvalue weighted by Crippen LogP contribution is -2.14. The summed E-state index contributed by atoms with van der Waals surface area (Å²) in [5, 5.41) is 4.12. The molecule has 1 saturated heterocycles. The van der Waals surface area contributed by atoms with E-state index in [1.54, 1.807) is 24.1 Å². The van der Waals surface area contributed by atoms with Crippen LogP contribution in [0.5, 0.6) is 0 Å². The normalized spacial score (nSPS) is 14.0. The Balaban J connectivity index is 1.81. The molecule has 1 heterocycles. The summed E-state index contributed by atoms with van der Waals surface area (Å²) in [6, 6.07) is 11.1. The number of rotatable bonds is 5. The molecule has 1 amide bonds. The average Bonchev–Trinajstić information content (AvgIpc) is 3.08. The molecule has 0 radical (unpaired) electrons. The van der Waals surface area contributed by atoms with E-state index in [9.17, 15) is 4.79 Å². The van der Waals surface area contributed by atoms with Crippen LogP contribution in [0.2, 0.25) is 10.0 Å². The van der Waals surface area contributed by atoms with Crippen molar-refractivity contribution in [3.8, 4) is 0 Å². The molecule has 1 aliphatic rings. The van der Waals surface area contributed by atoms with Crippen molar-refractivity contribution in [3.05, 3.63) is 57.6 Å². The molecular formula is C19H20Cl2N2OS. The predicted octanol–water partition coefficient (Wildman–Crippen LogP) is 6.06. The third-order valence-corrected chi connectivity index (χ3v) is 5.55. The molecule has 0 bridgehead atoms. The average molecular weight is 395 g/mol. The molecule has 1 fully saturated rings. The van der Waals surface area contributed by atoms with Gasteiger partial charge >= 0.3 is 0 Å². The van der Waals surface area contributed by atoms with Crippen LogP contribution in [0.1, 0.15) is 35.7 Å². The van der Waals surface area contributed by atoms with Gasteiger partial charge in [0.25, 0.3) is 5.91 Å². The van der Waals surface area contributed by atoms with Crippen molar-refractivity contribution in [2.45, 2.75) is 26.2 Å². The highest BCUT2D eigenvalue weighted by Gasteiger charge is 2.17. The highest BCUT2D eigenvalue weighted by molar-refractivity contribution is 8.00. The van der Waals surface area contributed by atoms with Crippen molar-refractivity contribution in [2.24, 2.45) is 0 Å². The summed E-state index contributed by atoms with van der Waals surface area (Å²) >= 11 is 14.2. The lowest BCUT2D eigenvalue weighted by molar-refractivity contribution is 0.102. The van der Waals surface area contributed by atoms with Crippen LogP contribution in [0.3, 0.4) is 0 Å². The van der Waals surface area contributed by atoms with Crippen molar-refractivity contribution in [3.63, 3.8) is 0 Å². The number of nitrogens with zero attached hydrogens (tertiary/aromatic N) is 1. The van der Waals surface area contributed by atoms with Gasteiger partial charge in [0.1, 0.15) is 0 Å². The molecule has 0 aromatic heterocycles. The van der Waals surface area contributed by atoms with E-state index in [1.165, 1.54) is 0 Å². The molecule has 0 spiro atoms. The molecule has 0 saturated carbocycles. The van der Waals surface area contributed by atoms with Gasteiger partial charge in [-0.05, 0) is 66.8 Å². The number of hydrogen-bond donors (Lipinski definition) is 1. The van der Waals surface area contributed by atoms with E-state index in [0.29, 0.717) is 21.3 Å². The maximum Gasteiger partial charge on any atom is 0.255 e. The molecule has 6 heteroatoms. The van der Waals surface area contributed by atoms with Crippen LogP contribution >= 0.6 is 35.1 Å². The predicted molar refractivity (Wildman–Crippen MR) is 109 cm³/mol. The fraction of sp³-hybridized carbons (Fsp3) is 0.316. The van der Waals surface area contributed by atoms with Crippen LogP contribution in [0, 0.1) is 0 Å². The summed E-state index contributed by atoms with van der Waals surface area (Å²) in [5.74, 6) is 0.911. The quantitative estimate of drug-likeness (QED) is 0.625. The van der Waals surface area contributed by atoms with Crippen molar-refractivity contribution >= 4 is 52.4 Å². The van der Waals surface area contributed by atoms with E-state index in [2.05, 4.69) is 16.5 Å². The summed E-state index contributed by atoms with van der Waals surface area (Å²) in [6.07, 6.45) is 3.09. The zero-order chi connectivity index (χ0) is 17.8. The number of carbonyl (C=O) groups excluding carboxylic acids is 1. The second-order valence-electron chi connectivity index (χ2n) is 6.04. The molecule has 1 aliphatic heterocycles. The van der Waals surface area contributed by atoms with Crippen LogP contribution in [0.15, 0.2) is 36.4 Å². The molecule has 3 nitrogen and oxygen atoms in total. The fourth-order valence-electron chi connectivity index (χ4n) is 2.86. The van der Waals surface area contributed by atoms with E-state index < -0.39 is 0 Å². The third-order valence-electron chi connectivity index (χ3n) is 3.94. The largest absolute Gasteiger partial charge is 0.322 e. The Kier molecular flexibility index (Phi) is 6.15. The van der Waals surface area contributed by atoms with E-state index in [4.69, 9.17) is 23.2 Å². The number of amides is 1. The van der Waals surface area contributed by atoms with Crippen LogP contribution in [-0.4, -0.2) is 18.2 Å². The van der Waals surface area contributed by atoms with E-state index in [0.717, 1.165) is 42.8 Å². The fourth-order valence-corrected chi connectivity index (χ4v) is 4.34. The number of carbonyl (C=O) groups is 1. The molecule has 2 aromatic rings. The van der Waals surface area contributed by atoms with Gasteiger partial charge in [0.2, 0.25) is 0 Å². The third kappa shape index (κ3) is 4.84. The maximum absolute atomic E-state index is 12.7. The molecule has 2 aromatic carbocycles. The Morgan fingerprint density at radius 2 is 1.96 bits per heavy atom. The van der Waals surface area contributed by atoms with E-state index in [-0.39, 0.29) is 5.91 Å². The molecule has 3 rings (SSSR count). The highest BCUT2D eigenvalue weighted by Crippen LogP contribution is 2.31. The topological polar surface area (TPSA) is 32.3 Å². The molecular weight excluding hydrogens is 375 g/mol. The first-order valence-electron chi connectivity index (χ1n) is 8.37. The second-order valence-corrected chi connectivity index (χ2v) is 8.02. The van der Waals surface area contributed by atoms with Crippen LogP contribution in [-0.2, 0) is 6.42 Å². The lowest BCUT2D eigenvalue weighted by atomic mass is 10.1. The number of anilines is 2. The molecule has 0 atom stereocenters. The second kappa shape index (κ2) is 8.35. The van der Waals surface area contributed by atoms with Crippen LogP contribution in [0.25, 0.3) is 0 Å². The molecule has 1 N–H and O–H groups in total. The SMILES string of the molecule is CCCc1cc(Cl)cc(NC(=O)c2cc(Cl)cc(N3CCCS3)c2)c1. The Hall–Kier alpha value is -1.36. The Morgan fingerprint density at radius 3 is 2.68 bits per heavy atom. The van der Waals surface area contributed by atoms with Gasteiger partial charge in [-0.25, -0.2) is 0 Å². The first kappa shape index (κ1) is 18.4. The summed E-state index contributed by atoms with van der Waals surface area (Å²) in [4.78, 5) is 12.7. The minimum Gasteiger partial charge on any atom is -0.322 e. The highest BCUT2D eigenvalue weighted by atomic mass is 35.5. The van der Waals surface area contributed by atoms with Crippen molar-refractivity contribution in [1.29, 1.82) is 0 Å². The summed E-state index contributed by atoms with van der Waals surface area (Å²) in [7, 11) is 0. The number of nitrogens with one attached hydrogen (secondary N) is 1. The Bertz CT molecular complexity index is 776. The summed E-state index contributed by atoms with van der Waals surface area (Å²) in [6.45, 7) is 3.09. The van der Waals surface area contributed by atoms with Gasteiger partial charge in [0.15, 0.2) is 0 Å². The molecule has 132 valence electrons. The maximum atomic E-state index is 12.7. The minimum absolute atomic E-state index is 0.183. The zero-order valence-electron chi connectivity index (χ0n) is 14.0. The molecule has 25 heavy (non-hydrogen) atoms. The molecule has 0 unspecified atom stereocenters. The van der Waals surface area contributed by atoms with Gasteiger partial charge < -0.3 is 9.62 Å². The van der Waals surface area contributed by atoms with Gasteiger partial charge in [0.05, 0.1) is 0 Å². The van der Waals surface area contributed by atoms with E-state index in [1.807, 2.05) is 24.3 Å². The summed E-state index contributed by atoms with van der Waals surface area (Å²) in [5.41, 5.74) is 3.34. The molecule has 0 aliphatic carbocycles. The van der Waals surface area contributed by atoms with Gasteiger partial charge in [-0.1, -0.05) is 36.5 Å². The van der Waals surface area contributed by atoms with Gasteiger partial charge in [0, 0.05) is 39.3 Å². The zero-order valence-corrected chi connectivity index (χ0v) is 16.3. The Morgan fingerprint density at radius 1 is 1.16 bits per heavy atom. The van der Waals surface area contributed by atoms with E-state index >= 15 is 0 Å². The number of benzene rings is 2. The van der Waals surface area contributed by atoms with Crippen molar-refractivity contribution in [2.75, 3.05) is 21.9 Å². The smallest absolute Gasteiger partial charge is 0.255 e. The van der Waals surface area contributed by atoms with Gasteiger partial charge in [-0.2, -0.15) is 0 Å². The van der Waals surface area contributed by atoms with Crippen LogP contribution < -0.4 is 9.62 Å². The first-order valence-corrected chi connectivity index (χ1v) is 10.1. The first-order chi connectivity index (χ1) is 12.0. The monoisotopic (exact) mass is 394 g/mol.